The molecule has 28 heavy (non-hydrogen) atoms. The van der Waals surface area contributed by atoms with Crippen molar-refractivity contribution in [2.75, 3.05) is 0 Å². The molecule has 0 saturated carbocycles. The van der Waals surface area contributed by atoms with Crippen molar-refractivity contribution in [1.82, 2.24) is 10.2 Å². The van der Waals surface area contributed by atoms with E-state index in [4.69, 9.17) is 0 Å². The minimum Gasteiger partial charge on any atom is -0.319 e. The van der Waals surface area contributed by atoms with Gasteiger partial charge in [0.2, 0.25) is 0 Å². The largest absolute Gasteiger partial charge is 0.325 e. The lowest BCUT2D eigenvalue weighted by molar-refractivity contribution is -0.132. The van der Waals surface area contributed by atoms with E-state index in [2.05, 4.69) is 5.32 Å². The maximum atomic E-state index is 13.5. The highest BCUT2D eigenvalue weighted by atomic mass is 19.1. The highest BCUT2D eigenvalue weighted by Gasteiger charge is 2.52. The number of nitrogens with one attached hydrogen (secondary N) is 1. The summed E-state index contributed by atoms with van der Waals surface area (Å²) in [5.41, 5.74) is 1.03. The van der Waals surface area contributed by atoms with Gasteiger partial charge in [0.25, 0.3) is 5.91 Å². The van der Waals surface area contributed by atoms with Gasteiger partial charge in [-0.1, -0.05) is 72.8 Å². The lowest BCUT2D eigenvalue weighted by atomic mass is 9.83. The molecule has 0 aromatic heterocycles. The average molecular weight is 374 g/mol. The molecule has 1 fully saturated rings. The zero-order chi connectivity index (χ0) is 19.6. The van der Waals surface area contributed by atoms with Gasteiger partial charge in [0.1, 0.15) is 5.82 Å². The topological polar surface area (TPSA) is 49.4 Å². The van der Waals surface area contributed by atoms with Gasteiger partial charge in [-0.05, 0) is 28.8 Å². The number of imide groups is 1. The van der Waals surface area contributed by atoms with Crippen LogP contribution < -0.4 is 5.32 Å². The molecule has 1 saturated heterocycles. The number of benzene rings is 3. The van der Waals surface area contributed by atoms with Gasteiger partial charge in [0.05, 0.1) is 6.54 Å². The first kappa shape index (κ1) is 17.9. The van der Waals surface area contributed by atoms with Gasteiger partial charge in [-0.15, -0.1) is 0 Å². The van der Waals surface area contributed by atoms with Crippen molar-refractivity contribution < 1.29 is 14.0 Å². The first-order valence-corrected chi connectivity index (χ1v) is 9.06. The van der Waals surface area contributed by atoms with Gasteiger partial charge in [-0.3, -0.25) is 9.69 Å². The highest BCUT2D eigenvalue weighted by Crippen LogP contribution is 2.33. The van der Waals surface area contributed by atoms with Crippen LogP contribution in [0.5, 0.6) is 0 Å². The van der Waals surface area contributed by atoms with Crippen LogP contribution >= 0.6 is 0 Å². The SMILES string of the molecule is O=C1N[C@@](Cc2ccccc2)(c2ccccc2)C(=O)N1Cc1cccc(F)c1. The van der Waals surface area contributed by atoms with Gasteiger partial charge < -0.3 is 5.32 Å². The number of rotatable bonds is 5. The number of amides is 3. The summed E-state index contributed by atoms with van der Waals surface area (Å²) in [5, 5.41) is 2.91. The summed E-state index contributed by atoms with van der Waals surface area (Å²) in [6.07, 6.45) is 0.335. The van der Waals surface area contributed by atoms with E-state index >= 15 is 0 Å². The standard InChI is InChI=1S/C23H19FN2O2/c24-20-13-7-10-18(14-20)16-26-21(27)23(25-22(26)28,19-11-5-2-6-12-19)15-17-8-3-1-4-9-17/h1-14H,15-16H2,(H,25,28)/t23-/m0/s1. The number of nitrogens with zero attached hydrogens (tertiary/aromatic N) is 1. The second kappa shape index (κ2) is 7.27. The molecule has 1 aliphatic rings. The van der Waals surface area contributed by atoms with Crippen molar-refractivity contribution >= 4 is 11.9 Å². The predicted molar refractivity (Wildman–Crippen MR) is 104 cm³/mol. The molecule has 0 unspecified atom stereocenters. The van der Waals surface area contributed by atoms with Crippen molar-refractivity contribution in [2.45, 2.75) is 18.5 Å². The fourth-order valence-electron chi connectivity index (χ4n) is 3.63. The Morgan fingerprint density at radius 2 is 1.46 bits per heavy atom. The molecule has 0 bridgehead atoms. The molecule has 0 aliphatic carbocycles. The zero-order valence-corrected chi connectivity index (χ0v) is 15.1. The van der Waals surface area contributed by atoms with Crippen molar-refractivity contribution in [3.05, 3.63) is 107 Å². The van der Waals surface area contributed by atoms with Crippen molar-refractivity contribution in [1.29, 1.82) is 0 Å². The van der Waals surface area contributed by atoms with Gasteiger partial charge >= 0.3 is 6.03 Å². The normalized spacial score (nSPS) is 19.0. The molecule has 0 spiro atoms. The van der Waals surface area contributed by atoms with E-state index in [1.807, 2.05) is 60.7 Å². The quantitative estimate of drug-likeness (QED) is 0.686. The molecule has 3 amide bonds. The molecule has 3 aromatic carbocycles. The van der Waals surface area contributed by atoms with Crippen LogP contribution in [0.4, 0.5) is 9.18 Å². The Kier molecular flexibility index (Phi) is 4.65. The lowest BCUT2D eigenvalue weighted by Crippen LogP contribution is -2.46. The summed E-state index contributed by atoms with van der Waals surface area (Å²) >= 11 is 0. The van der Waals surface area contributed by atoms with Gasteiger partial charge in [-0.25, -0.2) is 9.18 Å². The molecule has 1 aliphatic heterocycles. The third-order valence-corrected chi connectivity index (χ3v) is 4.98. The molecule has 0 radical (unpaired) electrons. The Morgan fingerprint density at radius 3 is 2.14 bits per heavy atom. The summed E-state index contributed by atoms with van der Waals surface area (Å²) < 4.78 is 13.5. The van der Waals surface area contributed by atoms with Crippen molar-refractivity contribution in [3.63, 3.8) is 0 Å². The van der Waals surface area contributed by atoms with Crippen molar-refractivity contribution in [3.8, 4) is 0 Å². The minimum absolute atomic E-state index is 0.0196. The van der Waals surface area contributed by atoms with E-state index < -0.39 is 17.4 Å². The number of urea groups is 1. The van der Waals surface area contributed by atoms with Crippen LogP contribution in [0.2, 0.25) is 0 Å². The predicted octanol–water partition coefficient (Wildman–Crippen LogP) is 4.02. The number of halogens is 1. The van der Waals surface area contributed by atoms with Crippen LogP contribution in [-0.2, 0) is 23.3 Å². The highest BCUT2D eigenvalue weighted by molar-refractivity contribution is 6.07. The van der Waals surface area contributed by atoms with Crippen LogP contribution in [0.15, 0.2) is 84.9 Å². The molecule has 5 heteroatoms. The second-order valence-electron chi connectivity index (χ2n) is 6.89. The fourth-order valence-corrected chi connectivity index (χ4v) is 3.63. The molecule has 1 atom stereocenters. The molecule has 140 valence electrons. The number of hydrogen-bond donors (Lipinski definition) is 1. The summed E-state index contributed by atoms with van der Waals surface area (Å²) in [6, 6.07) is 24.3. The summed E-state index contributed by atoms with van der Waals surface area (Å²) in [7, 11) is 0. The molecular weight excluding hydrogens is 355 g/mol. The Bertz CT molecular complexity index is 1010. The van der Waals surface area contributed by atoms with E-state index in [-0.39, 0.29) is 12.5 Å². The molecule has 1 N–H and O–H groups in total. The average Bonchev–Trinajstić information content (AvgIpc) is 2.94. The Hall–Kier alpha value is -3.47. The maximum absolute atomic E-state index is 13.5. The number of carbonyl (C=O) groups excluding carboxylic acids is 2. The number of hydrogen-bond acceptors (Lipinski definition) is 2. The van der Waals surface area contributed by atoms with E-state index in [0.717, 1.165) is 16.0 Å². The number of carbonyl (C=O) groups is 2. The molecule has 1 heterocycles. The molecule has 4 rings (SSSR count). The smallest absolute Gasteiger partial charge is 0.319 e. The van der Waals surface area contributed by atoms with Gasteiger partial charge in [-0.2, -0.15) is 0 Å². The first-order valence-electron chi connectivity index (χ1n) is 9.06. The zero-order valence-electron chi connectivity index (χ0n) is 15.1. The van der Waals surface area contributed by atoms with Gasteiger partial charge in [0, 0.05) is 6.42 Å². The second-order valence-corrected chi connectivity index (χ2v) is 6.89. The molecular formula is C23H19FN2O2. The van der Waals surface area contributed by atoms with E-state index in [1.165, 1.54) is 12.1 Å². The molecule has 3 aromatic rings. The third-order valence-electron chi connectivity index (χ3n) is 4.98. The van der Waals surface area contributed by atoms with E-state index in [9.17, 15) is 14.0 Å². The summed E-state index contributed by atoms with van der Waals surface area (Å²) in [5.74, 6) is -0.736. The third kappa shape index (κ3) is 3.27. The monoisotopic (exact) mass is 374 g/mol. The van der Waals surface area contributed by atoms with E-state index in [1.54, 1.807) is 12.1 Å². The minimum atomic E-state index is -1.19. The van der Waals surface area contributed by atoms with Crippen LogP contribution in [0.25, 0.3) is 0 Å². The van der Waals surface area contributed by atoms with E-state index in [0.29, 0.717) is 12.0 Å². The van der Waals surface area contributed by atoms with Crippen molar-refractivity contribution in [2.24, 2.45) is 0 Å². The van der Waals surface area contributed by atoms with Crippen LogP contribution in [0.1, 0.15) is 16.7 Å². The van der Waals surface area contributed by atoms with Crippen LogP contribution in [-0.4, -0.2) is 16.8 Å². The lowest BCUT2D eigenvalue weighted by Gasteiger charge is -2.27. The summed E-state index contributed by atoms with van der Waals surface area (Å²) in [4.78, 5) is 27.4. The Balaban J connectivity index is 1.72. The van der Waals surface area contributed by atoms with Gasteiger partial charge in [0.15, 0.2) is 5.54 Å². The molecule has 4 nitrogen and oxygen atoms in total. The van der Waals surface area contributed by atoms with Crippen LogP contribution in [0.3, 0.4) is 0 Å². The first-order chi connectivity index (χ1) is 13.6. The van der Waals surface area contributed by atoms with Crippen LogP contribution in [0, 0.1) is 5.82 Å². The fraction of sp³-hybridized carbons (Fsp3) is 0.130. The Labute approximate surface area is 162 Å². The summed E-state index contributed by atoms with van der Waals surface area (Å²) in [6.45, 7) is 0.0196. The maximum Gasteiger partial charge on any atom is 0.325 e. The Morgan fingerprint density at radius 1 is 0.821 bits per heavy atom.